The molecule has 5 aliphatic rings. The van der Waals surface area contributed by atoms with Gasteiger partial charge < -0.3 is 14.5 Å². The van der Waals surface area contributed by atoms with Crippen LogP contribution in [0.4, 0.5) is 0 Å². The van der Waals surface area contributed by atoms with Crippen molar-refractivity contribution < 1.29 is 19.1 Å². The second-order valence-electron chi connectivity index (χ2n) is 11.1. The Morgan fingerprint density at radius 2 is 1.34 bits per heavy atom. The van der Waals surface area contributed by atoms with E-state index in [1.165, 1.54) is 25.7 Å². The normalized spacial score (nSPS) is 35.8. The van der Waals surface area contributed by atoms with E-state index in [4.69, 9.17) is 4.74 Å². The molecule has 0 aromatic rings. The second kappa shape index (κ2) is 9.82. The first-order valence-corrected chi connectivity index (χ1v) is 13.3. The minimum atomic E-state index is -0.240. The van der Waals surface area contributed by atoms with Crippen molar-refractivity contribution in [2.45, 2.75) is 83.2 Å². The fraction of sp³-hybridized carbons (Fsp3) is 0.885. The Morgan fingerprint density at radius 3 is 1.94 bits per heavy atom. The maximum Gasteiger partial charge on any atom is 0.251 e. The van der Waals surface area contributed by atoms with Crippen molar-refractivity contribution in [1.82, 2.24) is 9.80 Å². The zero-order chi connectivity index (χ0) is 22.1. The highest BCUT2D eigenvalue weighted by atomic mass is 16.5. The molecule has 0 aromatic carbocycles. The van der Waals surface area contributed by atoms with Gasteiger partial charge in [0.05, 0.1) is 6.61 Å². The van der Waals surface area contributed by atoms with Crippen molar-refractivity contribution in [1.29, 1.82) is 0 Å². The fourth-order valence-electron chi connectivity index (χ4n) is 6.60. The summed E-state index contributed by atoms with van der Waals surface area (Å²) in [6.45, 7) is 3.28. The van der Waals surface area contributed by atoms with Crippen molar-refractivity contribution in [3.05, 3.63) is 0 Å². The number of amides is 2. The molecule has 6 nitrogen and oxygen atoms in total. The van der Waals surface area contributed by atoms with Crippen LogP contribution < -0.4 is 0 Å². The number of hydrogen-bond acceptors (Lipinski definition) is 4. The van der Waals surface area contributed by atoms with Gasteiger partial charge in [0.1, 0.15) is 11.9 Å². The Balaban J connectivity index is 1.05. The molecule has 0 spiro atoms. The molecule has 5 fully saturated rings. The Morgan fingerprint density at radius 1 is 0.688 bits per heavy atom. The third kappa shape index (κ3) is 5.05. The van der Waals surface area contributed by atoms with E-state index >= 15 is 0 Å². The van der Waals surface area contributed by atoms with Crippen LogP contribution in [0.1, 0.15) is 77.0 Å². The monoisotopic (exact) mass is 444 g/mol. The van der Waals surface area contributed by atoms with Crippen LogP contribution >= 0.6 is 0 Å². The molecule has 2 saturated heterocycles. The number of carbonyl (C=O) groups is 3. The van der Waals surface area contributed by atoms with Gasteiger partial charge in [-0.3, -0.25) is 14.4 Å². The highest BCUT2D eigenvalue weighted by Gasteiger charge is 2.38. The van der Waals surface area contributed by atoms with Crippen LogP contribution in [0.25, 0.3) is 0 Å². The summed E-state index contributed by atoms with van der Waals surface area (Å²) in [7, 11) is 0. The number of Topliss-reactive ketones (excluding diaryl/α,β-unsaturated/α-hetero) is 1. The highest BCUT2D eigenvalue weighted by molar-refractivity contribution is 5.83. The Bertz CT molecular complexity index is 701. The van der Waals surface area contributed by atoms with Gasteiger partial charge in [-0.05, 0) is 69.1 Å². The fourth-order valence-corrected chi connectivity index (χ4v) is 6.60. The van der Waals surface area contributed by atoms with Gasteiger partial charge in [0.15, 0.2) is 0 Å². The van der Waals surface area contributed by atoms with E-state index in [0.717, 1.165) is 51.4 Å². The summed E-state index contributed by atoms with van der Waals surface area (Å²) in [4.78, 5) is 42.0. The van der Waals surface area contributed by atoms with E-state index < -0.39 is 0 Å². The molecule has 3 atom stereocenters. The molecule has 3 aliphatic carbocycles. The molecule has 0 bridgehead atoms. The van der Waals surface area contributed by atoms with Crippen LogP contribution in [-0.2, 0) is 19.1 Å². The summed E-state index contributed by atoms with van der Waals surface area (Å²) < 4.78 is 5.32. The van der Waals surface area contributed by atoms with E-state index in [1.54, 1.807) is 0 Å². The lowest BCUT2D eigenvalue weighted by Gasteiger charge is -2.41. The van der Waals surface area contributed by atoms with Crippen molar-refractivity contribution in [2.24, 2.45) is 29.6 Å². The number of carbonyl (C=O) groups excluding carboxylic acids is 3. The zero-order valence-corrected chi connectivity index (χ0v) is 19.5. The zero-order valence-electron chi connectivity index (χ0n) is 19.5. The first-order chi connectivity index (χ1) is 15.6. The van der Waals surface area contributed by atoms with Crippen LogP contribution in [-0.4, -0.2) is 66.3 Å². The SMILES string of the molecule is O=C(CC1CC1)C1CCCC(C2CCC(C(=O)N3CCN(C(=O)C4CCO4)CC3)CC2)C1. The van der Waals surface area contributed by atoms with Gasteiger partial charge in [-0.15, -0.1) is 0 Å². The molecule has 178 valence electrons. The summed E-state index contributed by atoms with van der Waals surface area (Å²) in [6.07, 6.45) is 12.9. The van der Waals surface area contributed by atoms with Crippen molar-refractivity contribution in [3.63, 3.8) is 0 Å². The predicted octanol–water partition coefficient (Wildman–Crippen LogP) is 3.43. The average molecular weight is 445 g/mol. The number of ketones is 1. The van der Waals surface area contributed by atoms with Gasteiger partial charge in [0.2, 0.25) is 5.91 Å². The van der Waals surface area contributed by atoms with Gasteiger partial charge in [-0.25, -0.2) is 0 Å². The molecule has 3 saturated carbocycles. The topological polar surface area (TPSA) is 66.9 Å². The van der Waals surface area contributed by atoms with E-state index in [2.05, 4.69) is 0 Å². The third-order valence-corrected chi connectivity index (χ3v) is 9.02. The van der Waals surface area contributed by atoms with Gasteiger partial charge in [0.25, 0.3) is 5.91 Å². The van der Waals surface area contributed by atoms with Crippen molar-refractivity contribution >= 4 is 17.6 Å². The molecule has 32 heavy (non-hydrogen) atoms. The van der Waals surface area contributed by atoms with Crippen molar-refractivity contribution in [2.75, 3.05) is 32.8 Å². The van der Waals surface area contributed by atoms with Crippen LogP contribution in [0.3, 0.4) is 0 Å². The minimum absolute atomic E-state index is 0.102. The number of piperazine rings is 1. The van der Waals surface area contributed by atoms with Crippen LogP contribution in [0, 0.1) is 29.6 Å². The molecule has 2 aliphatic heterocycles. The summed E-state index contributed by atoms with van der Waals surface area (Å²) in [5, 5.41) is 0. The Hall–Kier alpha value is -1.43. The molecule has 0 aromatic heterocycles. The maximum atomic E-state index is 13.1. The lowest BCUT2D eigenvalue weighted by atomic mass is 9.67. The maximum absolute atomic E-state index is 13.1. The van der Waals surface area contributed by atoms with E-state index in [1.807, 2.05) is 9.80 Å². The molecular weight excluding hydrogens is 404 g/mol. The Kier molecular flexibility index (Phi) is 6.87. The lowest BCUT2D eigenvalue weighted by molar-refractivity contribution is -0.159. The summed E-state index contributed by atoms with van der Waals surface area (Å²) >= 11 is 0. The number of rotatable bonds is 6. The van der Waals surface area contributed by atoms with Gasteiger partial charge in [-0.2, -0.15) is 0 Å². The summed E-state index contributed by atoms with van der Waals surface area (Å²) in [6, 6.07) is 0. The molecule has 0 N–H and O–H groups in total. The molecule has 3 unspecified atom stereocenters. The van der Waals surface area contributed by atoms with Gasteiger partial charge in [0, 0.05) is 50.9 Å². The van der Waals surface area contributed by atoms with Crippen LogP contribution in [0.5, 0.6) is 0 Å². The van der Waals surface area contributed by atoms with E-state index in [9.17, 15) is 14.4 Å². The van der Waals surface area contributed by atoms with Crippen molar-refractivity contribution in [3.8, 4) is 0 Å². The predicted molar refractivity (Wildman–Crippen MR) is 121 cm³/mol. The molecule has 5 rings (SSSR count). The smallest absolute Gasteiger partial charge is 0.251 e. The quantitative estimate of drug-likeness (QED) is 0.630. The molecular formula is C26H40N2O4. The van der Waals surface area contributed by atoms with Gasteiger partial charge in [-0.1, -0.05) is 12.8 Å². The average Bonchev–Trinajstić information content (AvgIpc) is 3.62. The second-order valence-corrected chi connectivity index (χ2v) is 11.1. The number of ether oxygens (including phenoxy) is 1. The standard InChI is InChI=1S/C26H40N2O4/c29-23(16-18-4-5-18)22-3-1-2-21(17-22)19-6-8-20(9-7-19)25(30)27-11-13-28(14-12-27)26(31)24-10-15-32-24/h18-22,24H,1-17H2. The first-order valence-electron chi connectivity index (χ1n) is 13.3. The lowest BCUT2D eigenvalue weighted by Crippen LogP contribution is -2.55. The minimum Gasteiger partial charge on any atom is -0.368 e. The highest BCUT2D eigenvalue weighted by Crippen LogP contribution is 2.43. The number of nitrogens with zero attached hydrogens (tertiary/aromatic N) is 2. The molecule has 0 radical (unpaired) electrons. The van der Waals surface area contributed by atoms with Gasteiger partial charge >= 0.3 is 0 Å². The summed E-state index contributed by atoms with van der Waals surface area (Å²) in [5.74, 6) is 3.52. The molecule has 2 amide bonds. The Labute approximate surface area is 192 Å². The third-order valence-electron chi connectivity index (χ3n) is 9.02. The first kappa shape index (κ1) is 22.4. The largest absolute Gasteiger partial charge is 0.368 e. The summed E-state index contributed by atoms with van der Waals surface area (Å²) in [5.41, 5.74) is 0. The van der Waals surface area contributed by atoms with Crippen LogP contribution in [0.2, 0.25) is 0 Å². The van der Waals surface area contributed by atoms with E-state index in [0.29, 0.717) is 68.1 Å². The van der Waals surface area contributed by atoms with E-state index in [-0.39, 0.29) is 17.9 Å². The molecule has 6 heteroatoms. The van der Waals surface area contributed by atoms with Crippen LogP contribution in [0.15, 0.2) is 0 Å². The molecule has 2 heterocycles. The number of hydrogen-bond donors (Lipinski definition) is 0.